The second kappa shape index (κ2) is 5.94. The highest BCUT2D eigenvalue weighted by atomic mass is 14.2. The molecule has 0 heteroatoms. The van der Waals surface area contributed by atoms with Crippen molar-refractivity contribution in [2.45, 2.75) is 25.7 Å². The van der Waals surface area contributed by atoms with Gasteiger partial charge in [0.15, 0.2) is 0 Å². The van der Waals surface area contributed by atoms with Crippen molar-refractivity contribution in [3.63, 3.8) is 0 Å². The molecule has 0 aliphatic heterocycles. The molecule has 0 aromatic heterocycles. The highest BCUT2D eigenvalue weighted by Gasteiger charge is 2.17. The van der Waals surface area contributed by atoms with Crippen molar-refractivity contribution in [1.82, 2.24) is 0 Å². The molecular weight excluding hydrogens is 336 g/mol. The third kappa shape index (κ3) is 2.24. The first-order chi connectivity index (χ1) is 13.8. The van der Waals surface area contributed by atoms with E-state index in [1.54, 1.807) is 0 Å². The summed E-state index contributed by atoms with van der Waals surface area (Å²) in [7, 11) is 0. The second-order valence-corrected chi connectivity index (χ2v) is 8.12. The first-order valence-electron chi connectivity index (χ1n) is 10.2. The molecule has 6 rings (SSSR count). The van der Waals surface area contributed by atoms with Gasteiger partial charge in [0, 0.05) is 0 Å². The van der Waals surface area contributed by atoms with E-state index in [2.05, 4.69) is 79.4 Å². The quantitative estimate of drug-likeness (QED) is 0.349. The average Bonchev–Trinajstić information content (AvgIpc) is 3.35. The van der Waals surface area contributed by atoms with Crippen molar-refractivity contribution >= 4 is 33.2 Å². The monoisotopic (exact) mass is 358 g/mol. The minimum Gasteiger partial charge on any atom is -0.0911 e. The molecule has 0 heterocycles. The fourth-order valence-electron chi connectivity index (χ4n) is 5.22. The molecule has 28 heavy (non-hydrogen) atoms. The first-order valence-corrected chi connectivity index (χ1v) is 10.2. The molecular formula is C28H22. The standard InChI is InChI=1S/C28H22/c1-18(24-17-16-23-15-13-21-5-3-7-26(24)28(21)23)8-9-19-10-11-22-14-12-20-4-2-6-25(19)27(20)22/h2-11,16-17H,1,12-15H2. The van der Waals surface area contributed by atoms with Crippen LogP contribution < -0.4 is 0 Å². The molecule has 0 bridgehead atoms. The number of rotatable bonds is 3. The van der Waals surface area contributed by atoms with Gasteiger partial charge in [0.2, 0.25) is 0 Å². The van der Waals surface area contributed by atoms with Crippen LogP contribution in [0.4, 0.5) is 0 Å². The molecule has 2 aliphatic rings. The van der Waals surface area contributed by atoms with Crippen LogP contribution in [0.3, 0.4) is 0 Å². The van der Waals surface area contributed by atoms with Crippen LogP contribution >= 0.6 is 0 Å². The van der Waals surface area contributed by atoms with Crippen molar-refractivity contribution in [3.05, 3.63) is 107 Å². The van der Waals surface area contributed by atoms with Crippen LogP contribution in [0.1, 0.15) is 33.4 Å². The Morgan fingerprint density at radius 1 is 0.643 bits per heavy atom. The van der Waals surface area contributed by atoms with Crippen LogP contribution in [0.5, 0.6) is 0 Å². The van der Waals surface area contributed by atoms with Gasteiger partial charge >= 0.3 is 0 Å². The van der Waals surface area contributed by atoms with E-state index in [9.17, 15) is 0 Å². The van der Waals surface area contributed by atoms with E-state index < -0.39 is 0 Å². The Morgan fingerprint density at radius 3 is 1.93 bits per heavy atom. The SMILES string of the molecule is C=C(C=Cc1ccc2c3c(cccc13)CC2)c1ccc2c3c(cccc13)CC2. The van der Waals surface area contributed by atoms with E-state index in [1.807, 2.05) is 0 Å². The maximum absolute atomic E-state index is 4.41. The number of allylic oxidation sites excluding steroid dienone is 2. The van der Waals surface area contributed by atoms with Gasteiger partial charge in [-0.15, -0.1) is 0 Å². The molecule has 0 atom stereocenters. The van der Waals surface area contributed by atoms with Gasteiger partial charge in [-0.3, -0.25) is 0 Å². The van der Waals surface area contributed by atoms with Crippen LogP contribution in [-0.4, -0.2) is 0 Å². The number of aryl methyl sites for hydroxylation is 4. The molecule has 0 nitrogen and oxygen atoms in total. The van der Waals surface area contributed by atoms with Gasteiger partial charge < -0.3 is 0 Å². The van der Waals surface area contributed by atoms with Gasteiger partial charge in [-0.2, -0.15) is 0 Å². The normalized spacial score (nSPS) is 14.6. The lowest BCUT2D eigenvalue weighted by Gasteiger charge is -2.10. The van der Waals surface area contributed by atoms with Gasteiger partial charge in [0.25, 0.3) is 0 Å². The van der Waals surface area contributed by atoms with Gasteiger partial charge in [-0.25, -0.2) is 0 Å². The topological polar surface area (TPSA) is 0 Å². The van der Waals surface area contributed by atoms with Crippen molar-refractivity contribution in [2.24, 2.45) is 0 Å². The van der Waals surface area contributed by atoms with Crippen LogP contribution in [-0.2, 0) is 25.7 Å². The molecule has 0 spiro atoms. The molecule has 0 saturated carbocycles. The van der Waals surface area contributed by atoms with Crippen molar-refractivity contribution < 1.29 is 0 Å². The van der Waals surface area contributed by atoms with Gasteiger partial charge in [-0.1, -0.05) is 79.4 Å². The largest absolute Gasteiger partial charge is 0.0911 e. The number of hydrogen-bond donors (Lipinski definition) is 0. The summed E-state index contributed by atoms with van der Waals surface area (Å²) in [5.41, 5.74) is 9.58. The lowest BCUT2D eigenvalue weighted by atomic mass is 9.94. The summed E-state index contributed by atoms with van der Waals surface area (Å²) in [5, 5.41) is 5.65. The summed E-state index contributed by atoms with van der Waals surface area (Å²) in [4.78, 5) is 0. The second-order valence-electron chi connectivity index (χ2n) is 8.12. The van der Waals surface area contributed by atoms with E-state index in [1.165, 1.54) is 80.6 Å². The van der Waals surface area contributed by atoms with Crippen LogP contribution in [0.15, 0.2) is 73.3 Å². The van der Waals surface area contributed by atoms with E-state index in [0.717, 1.165) is 5.57 Å². The van der Waals surface area contributed by atoms with Gasteiger partial charge in [0.1, 0.15) is 0 Å². The van der Waals surface area contributed by atoms with E-state index in [0.29, 0.717) is 0 Å². The summed E-state index contributed by atoms with van der Waals surface area (Å²) >= 11 is 0. The Balaban J connectivity index is 1.43. The molecule has 0 saturated heterocycles. The smallest absolute Gasteiger partial charge is 0.0100 e. The zero-order valence-electron chi connectivity index (χ0n) is 16.0. The third-order valence-corrected chi connectivity index (χ3v) is 6.60. The molecule has 134 valence electrons. The van der Waals surface area contributed by atoms with Gasteiger partial charge in [0.05, 0.1) is 0 Å². The van der Waals surface area contributed by atoms with E-state index >= 15 is 0 Å². The molecule has 4 aromatic carbocycles. The molecule has 0 amide bonds. The summed E-state index contributed by atoms with van der Waals surface area (Å²) in [6.45, 7) is 4.41. The molecule has 4 aromatic rings. The predicted octanol–water partition coefficient (Wildman–Crippen LogP) is 6.92. The number of hydrogen-bond acceptors (Lipinski definition) is 0. The maximum Gasteiger partial charge on any atom is -0.0100 e. The zero-order chi connectivity index (χ0) is 18.7. The zero-order valence-corrected chi connectivity index (χ0v) is 16.0. The Bertz CT molecular complexity index is 1300. The van der Waals surface area contributed by atoms with Crippen molar-refractivity contribution in [1.29, 1.82) is 0 Å². The minimum absolute atomic E-state index is 1.08. The molecule has 0 radical (unpaired) electrons. The summed E-state index contributed by atoms with van der Waals surface area (Å²) < 4.78 is 0. The van der Waals surface area contributed by atoms with Crippen LogP contribution in [0, 0.1) is 0 Å². The average molecular weight is 358 g/mol. The first kappa shape index (κ1) is 15.9. The summed E-state index contributed by atoms with van der Waals surface area (Å²) in [6.07, 6.45) is 9.11. The van der Waals surface area contributed by atoms with Crippen molar-refractivity contribution in [2.75, 3.05) is 0 Å². The Labute approximate surface area is 165 Å². The van der Waals surface area contributed by atoms with E-state index in [4.69, 9.17) is 0 Å². The van der Waals surface area contributed by atoms with Crippen LogP contribution in [0.2, 0.25) is 0 Å². The van der Waals surface area contributed by atoms with Crippen LogP contribution in [0.25, 0.3) is 33.2 Å². The summed E-state index contributed by atoms with van der Waals surface area (Å²) in [6, 6.07) is 22.6. The Kier molecular flexibility index (Phi) is 3.37. The lowest BCUT2D eigenvalue weighted by molar-refractivity contribution is 1.02. The maximum atomic E-state index is 4.41. The Morgan fingerprint density at radius 2 is 1.21 bits per heavy atom. The third-order valence-electron chi connectivity index (χ3n) is 6.60. The number of benzene rings is 4. The molecule has 0 N–H and O–H groups in total. The predicted molar refractivity (Wildman–Crippen MR) is 121 cm³/mol. The Hall–Kier alpha value is -3.12. The van der Waals surface area contributed by atoms with E-state index in [-0.39, 0.29) is 0 Å². The highest BCUT2D eigenvalue weighted by Crippen LogP contribution is 2.36. The molecule has 0 unspecified atom stereocenters. The summed E-state index contributed by atoms with van der Waals surface area (Å²) in [5.74, 6) is 0. The van der Waals surface area contributed by atoms with Gasteiger partial charge in [-0.05, 0) is 86.2 Å². The lowest BCUT2D eigenvalue weighted by Crippen LogP contribution is -1.87. The minimum atomic E-state index is 1.08. The highest BCUT2D eigenvalue weighted by molar-refractivity contribution is 6.02. The molecule has 0 fully saturated rings. The fourth-order valence-corrected chi connectivity index (χ4v) is 5.22. The molecule has 2 aliphatic carbocycles. The fraction of sp³-hybridized carbons (Fsp3) is 0.143. The van der Waals surface area contributed by atoms with Crippen molar-refractivity contribution in [3.8, 4) is 0 Å².